The van der Waals surface area contributed by atoms with Crippen molar-refractivity contribution < 1.29 is 13.9 Å². The van der Waals surface area contributed by atoms with E-state index >= 15 is 0 Å². The van der Waals surface area contributed by atoms with Crippen LogP contribution < -0.4 is 5.32 Å². The number of fused-ring (bicyclic) bond motifs is 1. The van der Waals surface area contributed by atoms with Gasteiger partial charge in [-0.15, -0.1) is 0 Å². The molecule has 1 fully saturated rings. The topological polar surface area (TPSA) is 57.4 Å². The lowest BCUT2D eigenvalue weighted by Crippen LogP contribution is -2.44. The van der Waals surface area contributed by atoms with Crippen molar-refractivity contribution >= 4 is 16.8 Å². The molecule has 1 amide bonds. The van der Waals surface area contributed by atoms with Crippen LogP contribution in [0, 0.1) is 12.7 Å². The summed E-state index contributed by atoms with van der Waals surface area (Å²) in [6.45, 7) is 5.39. The highest BCUT2D eigenvalue weighted by Crippen LogP contribution is 2.24. The molecule has 1 aliphatic heterocycles. The second-order valence-corrected chi connectivity index (χ2v) is 7.47. The zero-order chi connectivity index (χ0) is 20.2. The molecule has 0 bridgehead atoms. The van der Waals surface area contributed by atoms with Crippen LogP contribution in [0.2, 0.25) is 0 Å². The summed E-state index contributed by atoms with van der Waals surface area (Å²) in [4.78, 5) is 18.4. The first-order valence-electron chi connectivity index (χ1n) is 10.0. The molecule has 1 saturated heterocycles. The van der Waals surface area contributed by atoms with E-state index in [9.17, 15) is 9.18 Å². The number of aromatic amines is 1. The van der Waals surface area contributed by atoms with Gasteiger partial charge in [0.25, 0.3) is 0 Å². The van der Waals surface area contributed by atoms with E-state index in [0.717, 1.165) is 40.8 Å². The molecule has 152 valence electrons. The fourth-order valence-corrected chi connectivity index (χ4v) is 4.03. The summed E-state index contributed by atoms with van der Waals surface area (Å²) in [5.41, 5.74) is 4.09. The van der Waals surface area contributed by atoms with Crippen LogP contribution in [0.5, 0.6) is 0 Å². The first kappa shape index (κ1) is 19.6. The van der Waals surface area contributed by atoms with E-state index in [-0.39, 0.29) is 17.8 Å². The van der Waals surface area contributed by atoms with Gasteiger partial charge in [0, 0.05) is 36.2 Å². The largest absolute Gasteiger partial charge is 0.379 e. The number of amides is 1. The number of carbonyl (C=O) groups excluding carboxylic acids is 1. The summed E-state index contributed by atoms with van der Waals surface area (Å²) in [6.07, 6.45) is 0.328. The third kappa shape index (κ3) is 4.49. The fraction of sp³-hybridized carbons (Fsp3) is 0.348. The van der Waals surface area contributed by atoms with Gasteiger partial charge in [-0.25, -0.2) is 4.39 Å². The van der Waals surface area contributed by atoms with Crippen molar-refractivity contribution in [3.8, 4) is 0 Å². The number of aryl methyl sites for hydroxylation is 1. The highest BCUT2D eigenvalue weighted by atomic mass is 19.1. The predicted octanol–water partition coefficient (Wildman–Crippen LogP) is 3.35. The third-order valence-electron chi connectivity index (χ3n) is 5.60. The molecule has 1 unspecified atom stereocenters. The average Bonchev–Trinajstić information content (AvgIpc) is 3.05. The predicted molar refractivity (Wildman–Crippen MR) is 111 cm³/mol. The third-order valence-corrected chi connectivity index (χ3v) is 5.60. The normalized spacial score (nSPS) is 16.1. The molecule has 3 aromatic rings. The Morgan fingerprint density at radius 1 is 1.17 bits per heavy atom. The van der Waals surface area contributed by atoms with Gasteiger partial charge in [-0.2, -0.15) is 0 Å². The number of ether oxygens (including phenoxy) is 1. The maximum atomic E-state index is 13.4. The molecule has 0 saturated carbocycles. The van der Waals surface area contributed by atoms with Gasteiger partial charge in [0.1, 0.15) is 5.82 Å². The maximum absolute atomic E-state index is 13.4. The summed E-state index contributed by atoms with van der Waals surface area (Å²) in [5, 5.41) is 4.18. The molecule has 5 nitrogen and oxygen atoms in total. The first-order valence-corrected chi connectivity index (χ1v) is 10.0. The van der Waals surface area contributed by atoms with Crippen molar-refractivity contribution in [3.63, 3.8) is 0 Å². The Labute approximate surface area is 169 Å². The van der Waals surface area contributed by atoms with Crippen LogP contribution >= 0.6 is 0 Å². The van der Waals surface area contributed by atoms with E-state index in [2.05, 4.69) is 15.2 Å². The average molecular weight is 395 g/mol. The van der Waals surface area contributed by atoms with E-state index < -0.39 is 0 Å². The summed E-state index contributed by atoms with van der Waals surface area (Å²) < 4.78 is 18.8. The number of carbonyl (C=O) groups is 1. The number of hydrogen-bond donors (Lipinski definition) is 2. The zero-order valence-corrected chi connectivity index (χ0v) is 16.6. The minimum atomic E-state index is -0.256. The monoisotopic (exact) mass is 395 g/mol. The van der Waals surface area contributed by atoms with Gasteiger partial charge < -0.3 is 15.0 Å². The van der Waals surface area contributed by atoms with Crippen molar-refractivity contribution in [1.29, 1.82) is 0 Å². The molecule has 0 aliphatic carbocycles. The molecular formula is C23H26FN3O2. The van der Waals surface area contributed by atoms with Crippen molar-refractivity contribution in [2.45, 2.75) is 19.4 Å². The summed E-state index contributed by atoms with van der Waals surface area (Å²) in [7, 11) is 0. The number of nitrogens with one attached hydrogen (secondary N) is 2. The van der Waals surface area contributed by atoms with Crippen LogP contribution in [0.15, 0.2) is 48.5 Å². The summed E-state index contributed by atoms with van der Waals surface area (Å²) >= 11 is 0. The molecular weight excluding hydrogens is 369 g/mol. The van der Waals surface area contributed by atoms with Gasteiger partial charge in [0.05, 0.1) is 25.7 Å². The second-order valence-electron chi connectivity index (χ2n) is 7.47. The van der Waals surface area contributed by atoms with Crippen molar-refractivity contribution in [2.24, 2.45) is 0 Å². The molecule has 2 aromatic carbocycles. The van der Waals surface area contributed by atoms with Crippen LogP contribution in [0.25, 0.3) is 10.9 Å². The zero-order valence-electron chi connectivity index (χ0n) is 16.6. The van der Waals surface area contributed by atoms with Gasteiger partial charge in [-0.05, 0) is 36.2 Å². The molecule has 0 radical (unpaired) electrons. The second kappa shape index (κ2) is 8.76. The van der Waals surface area contributed by atoms with Crippen LogP contribution in [-0.4, -0.2) is 48.6 Å². The van der Waals surface area contributed by atoms with Crippen LogP contribution in [0.1, 0.15) is 22.9 Å². The van der Waals surface area contributed by atoms with Crippen LogP contribution in [0.3, 0.4) is 0 Å². The Morgan fingerprint density at radius 3 is 2.66 bits per heavy atom. The lowest BCUT2D eigenvalue weighted by molar-refractivity contribution is -0.120. The maximum Gasteiger partial charge on any atom is 0.224 e. The molecule has 6 heteroatoms. The SMILES string of the molecule is Cc1[nH]c2ccccc2c1CC(=O)NCC(c1ccc(F)cc1)N1CCOCC1. The Kier molecular flexibility index (Phi) is 5.92. The number of para-hydroxylation sites is 1. The molecule has 29 heavy (non-hydrogen) atoms. The summed E-state index contributed by atoms with van der Waals surface area (Å²) in [6, 6.07) is 14.6. The van der Waals surface area contributed by atoms with Gasteiger partial charge in [0.2, 0.25) is 5.91 Å². The Bertz CT molecular complexity index is 977. The molecule has 1 atom stereocenters. The van der Waals surface area contributed by atoms with Gasteiger partial charge in [0.15, 0.2) is 0 Å². The Hall–Kier alpha value is -2.70. The molecule has 1 aromatic heterocycles. The number of morpholine rings is 1. The highest BCUT2D eigenvalue weighted by Gasteiger charge is 2.23. The molecule has 2 heterocycles. The fourth-order valence-electron chi connectivity index (χ4n) is 4.03. The first-order chi connectivity index (χ1) is 14.1. The number of halogens is 1. The van der Waals surface area contributed by atoms with Gasteiger partial charge in [-0.3, -0.25) is 9.69 Å². The molecule has 4 rings (SSSR count). The van der Waals surface area contributed by atoms with Crippen LogP contribution in [0.4, 0.5) is 4.39 Å². The standard InChI is InChI=1S/C23H26FN3O2/c1-16-20(19-4-2-3-5-21(19)26-16)14-23(28)25-15-22(27-10-12-29-13-11-27)17-6-8-18(24)9-7-17/h2-9,22,26H,10-15H2,1H3,(H,25,28). The number of rotatable bonds is 6. The molecule has 2 N–H and O–H groups in total. The minimum absolute atomic E-state index is 0.00693. The number of nitrogens with zero attached hydrogens (tertiary/aromatic N) is 1. The number of benzene rings is 2. The van der Waals surface area contributed by atoms with Crippen molar-refractivity contribution in [1.82, 2.24) is 15.2 Å². The van der Waals surface area contributed by atoms with E-state index in [4.69, 9.17) is 4.74 Å². The van der Waals surface area contributed by atoms with Crippen molar-refractivity contribution in [2.75, 3.05) is 32.8 Å². The Balaban J connectivity index is 1.47. The Morgan fingerprint density at radius 2 is 1.90 bits per heavy atom. The van der Waals surface area contributed by atoms with E-state index in [0.29, 0.717) is 26.2 Å². The lowest BCUT2D eigenvalue weighted by Gasteiger charge is -2.35. The van der Waals surface area contributed by atoms with Crippen molar-refractivity contribution in [3.05, 3.63) is 71.2 Å². The quantitative estimate of drug-likeness (QED) is 0.673. The molecule has 1 aliphatic rings. The van der Waals surface area contributed by atoms with E-state index in [1.165, 1.54) is 12.1 Å². The molecule has 0 spiro atoms. The van der Waals surface area contributed by atoms with E-state index in [1.807, 2.05) is 31.2 Å². The number of H-pyrrole nitrogens is 1. The minimum Gasteiger partial charge on any atom is -0.379 e. The number of aromatic nitrogens is 1. The smallest absolute Gasteiger partial charge is 0.224 e. The number of hydrogen-bond acceptors (Lipinski definition) is 3. The highest BCUT2D eigenvalue weighted by molar-refractivity contribution is 5.90. The van der Waals surface area contributed by atoms with E-state index in [1.54, 1.807) is 12.1 Å². The van der Waals surface area contributed by atoms with Crippen LogP contribution in [-0.2, 0) is 16.0 Å². The van der Waals surface area contributed by atoms with Gasteiger partial charge in [-0.1, -0.05) is 30.3 Å². The summed E-state index contributed by atoms with van der Waals surface area (Å²) in [5.74, 6) is -0.272. The van der Waals surface area contributed by atoms with Gasteiger partial charge >= 0.3 is 0 Å². The lowest BCUT2D eigenvalue weighted by atomic mass is 10.0.